The van der Waals surface area contributed by atoms with Gasteiger partial charge in [0.05, 0.1) is 21.3 Å². The molecule has 28 heavy (non-hydrogen) atoms. The number of fused-ring (bicyclic) bond motifs is 3. The Kier molecular flexibility index (Phi) is 4.81. The van der Waals surface area contributed by atoms with E-state index in [4.69, 9.17) is 4.74 Å². The lowest BCUT2D eigenvalue weighted by atomic mass is 10.1. The molecule has 0 atom stereocenters. The lowest BCUT2D eigenvalue weighted by molar-refractivity contribution is 0.336. The summed E-state index contributed by atoms with van der Waals surface area (Å²) in [5.41, 5.74) is 0.383. The fourth-order valence-electron chi connectivity index (χ4n) is 3.07. The molecule has 0 spiro atoms. The monoisotopic (exact) mass is 450 g/mol. The van der Waals surface area contributed by atoms with Gasteiger partial charge in [-0.1, -0.05) is 0 Å². The fraction of sp³-hybridized carbons (Fsp3) is 0.200. The van der Waals surface area contributed by atoms with E-state index in [9.17, 15) is 38.9 Å². The van der Waals surface area contributed by atoms with Crippen molar-refractivity contribution in [2.24, 2.45) is 0 Å². The highest BCUT2D eigenvalue weighted by atomic mass is 32.2. The quantitative estimate of drug-likeness (QED) is 0.482. The van der Waals surface area contributed by atoms with Gasteiger partial charge in [-0.25, -0.2) is 0 Å². The van der Waals surface area contributed by atoms with E-state index in [0.717, 1.165) is 18.2 Å². The van der Waals surface area contributed by atoms with E-state index in [-0.39, 0.29) is 35.5 Å². The van der Waals surface area contributed by atoms with Gasteiger partial charge >= 0.3 is 0 Å². The van der Waals surface area contributed by atoms with E-state index < -0.39 is 45.0 Å². The van der Waals surface area contributed by atoms with Crippen molar-refractivity contribution in [1.82, 2.24) is 0 Å². The zero-order valence-corrected chi connectivity index (χ0v) is 16.6. The predicted octanol–water partition coefficient (Wildman–Crippen LogP) is 1.40. The van der Waals surface area contributed by atoms with Gasteiger partial charge in [-0.05, 0) is 41.8 Å². The fourth-order valence-corrected chi connectivity index (χ4v) is 4.97. The highest BCUT2D eigenvalue weighted by molar-refractivity contribution is 7.86. The Balaban J connectivity index is 2.44. The molecule has 3 rings (SSSR count). The molecule has 152 valence electrons. The van der Waals surface area contributed by atoms with Gasteiger partial charge in [0.25, 0.3) is 30.4 Å². The van der Waals surface area contributed by atoms with Crippen LogP contribution < -0.4 is 4.74 Å². The van der Waals surface area contributed by atoms with Crippen LogP contribution in [0, 0.1) is 0 Å². The van der Waals surface area contributed by atoms with E-state index in [1.165, 1.54) is 0 Å². The molecule has 2 aromatic rings. The highest BCUT2D eigenvalue weighted by Gasteiger charge is 2.32. The molecule has 1 aliphatic carbocycles. The molecule has 10 nitrogen and oxygen atoms in total. The van der Waals surface area contributed by atoms with Gasteiger partial charge in [0.2, 0.25) is 0 Å². The second-order valence-electron chi connectivity index (χ2n) is 5.93. The van der Waals surface area contributed by atoms with Crippen LogP contribution in [0.1, 0.15) is 18.1 Å². The van der Waals surface area contributed by atoms with Crippen molar-refractivity contribution in [3.8, 4) is 16.9 Å². The van der Waals surface area contributed by atoms with Gasteiger partial charge in [-0.15, -0.1) is 0 Å². The molecule has 0 saturated carbocycles. The van der Waals surface area contributed by atoms with Crippen molar-refractivity contribution in [2.75, 3.05) is 6.61 Å². The summed E-state index contributed by atoms with van der Waals surface area (Å²) in [4.78, 5) is -2.10. The molecule has 0 bridgehead atoms. The molecule has 0 aromatic heterocycles. The zero-order chi connectivity index (χ0) is 21.1. The SMILES string of the molecule is CCOc1cc(S(=O)(=O)O)cc2c1Cc1c-2cc(S(=O)(=O)O)cc1S(=O)(=O)O. The van der Waals surface area contributed by atoms with Crippen LogP contribution in [0.5, 0.6) is 5.75 Å². The third-order valence-corrected chi connectivity index (χ3v) is 6.77. The van der Waals surface area contributed by atoms with E-state index in [2.05, 4.69) is 0 Å². The van der Waals surface area contributed by atoms with Gasteiger partial charge in [-0.3, -0.25) is 13.7 Å². The third-order valence-electron chi connectivity index (χ3n) is 4.18. The van der Waals surface area contributed by atoms with Crippen LogP contribution in [0.25, 0.3) is 11.1 Å². The number of hydrogen-bond donors (Lipinski definition) is 3. The van der Waals surface area contributed by atoms with Crippen LogP contribution in [0.2, 0.25) is 0 Å². The van der Waals surface area contributed by atoms with Crippen molar-refractivity contribution in [1.29, 1.82) is 0 Å². The van der Waals surface area contributed by atoms with Crippen molar-refractivity contribution in [3.63, 3.8) is 0 Å². The lowest BCUT2D eigenvalue weighted by Crippen LogP contribution is -2.07. The molecule has 13 heteroatoms. The van der Waals surface area contributed by atoms with Gasteiger partial charge in [0.1, 0.15) is 5.75 Å². The summed E-state index contributed by atoms with van der Waals surface area (Å²) in [6.07, 6.45) is -0.118. The topological polar surface area (TPSA) is 172 Å². The maximum Gasteiger partial charge on any atom is 0.294 e. The minimum atomic E-state index is -4.88. The summed E-state index contributed by atoms with van der Waals surface area (Å²) >= 11 is 0. The molecule has 3 N–H and O–H groups in total. The number of benzene rings is 2. The number of hydrogen-bond acceptors (Lipinski definition) is 7. The second kappa shape index (κ2) is 6.50. The molecule has 0 radical (unpaired) electrons. The minimum absolute atomic E-state index is 0.00154. The van der Waals surface area contributed by atoms with Gasteiger partial charge in [0.15, 0.2) is 0 Å². The van der Waals surface area contributed by atoms with Crippen molar-refractivity contribution in [3.05, 3.63) is 35.4 Å². The summed E-state index contributed by atoms with van der Waals surface area (Å²) in [5, 5.41) is 0. The Morgan fingerprint density at radius 1 is 0.786 bits per heavy atom. The van der Waals surface area contributed by atoms with Gasteiger partial charge < -0.3 is 4.74 Å². The molecular weight excluding hydrogens is 436 g/mol. The minimum Gasteiger partial charge on any atom is -0.494 e. The molecule has 0 amide bonds. The van der Waals surface area contributed by atoms with Crippen LogP contribution in [0.3, 0.4) is 0 Å². The predicted molar refractivity (Wildman–Crippen MR) is 95.3 cm³/mol. The molecule has 1 aliphatic rings. The first kappa shape index (κ1) is 20.7. The maximum absolute atomic E-state index is 11.8. The van der Waals surface area contributed by atoms with Crippen LogP contribution in [-0.2, 0) is 36.8 Å². The van der Waals surface area contributed by atoms with E-state index in [1.54, 1.807) is 6.92 Å². The summed E-state index contributed by atoms with van der Waals surface area (Å²) < 4.78 is 103. The Labute approximate surface area is 161 Å². The highest BCUT2D eigenvalue weighted by Crippen LogP contribution is 2.46. The smallest absolute Gasteiger partial charge is 0.294 e. The second-order valence-corrected chi connectivity index (χ2v) is 10.2. The average Bonchev–Trinajstić information content (AvgIpc) is 2.90. The number of rotatable bonds is 5. The van der Waals surface area contributed by atoms with Crippen molar-refractivity contribution >= 4 is 30.4 Å². The molecule has 0 aliphatic heterocycles. The lowest BCUT2D eigenvalue weighted by Gasteiger charge is -2.11. The summed E-state index contributed by atoms with van der Waals surface area (Å²) in [5.74, 6) is 0.0403. The largest absolute Gasteiger partial charge is 0.494 e. The molecule has 0 unspecified atom stereocenters. The van der Waals surface area contributed by atoms with Crippen LogP contribution in [0.4, 0.5) is 0 Å². The first-order valence-electron chi connectivity index (χ1n) is 7.63. The average molecular weight is 450 g/mol. The number of ether oxygens (including phenoxy) is 1. The molecule has 0 heterocycles. The summed E-state index contributed by atoms with van der Waals surface area (Å²) in [7, 11) is -14.4. The third kappa shape index (κ3) is 3.64. The normalized spacial score (nSPS) is 13.9. The van der Waals surface area contributed by atoms with E-state index in [0.29, 0.717) is 11.6 Å². The molecular formula is C15H14O10S3. The van der Waals surface area contributed by atoms with Crippen LogP contribution in [-0.4, -0.2) is 45.5 Å². The Morgan fingerprint density at radius 3 is 1.75 bits per heavy atom. The van der Waals surface area contributed by atoms with E-state index >= 15 is 0 Å². The van der Waals surface area contributed by atoms with Crippen molar-refractivity contribution in [2.45, 2.75) is 28.0 Å². The Bertz CT molecular complexity index is 1310. The van der Waals surface area contributed by atoms with Gasteiger partial charge in [-0.2, -0.15) is 25.3 Å². The summed E-state index contributed by atoms with van der Waals surface area (Å²) in [6, 6.07) is 3.65. The maximum atomic E-state index is 11.8. The zero-order valence-electron chi connectivity index (χ0n) is 14.1. The summed E-state index contributed by atoms with van der Waals surface area (Å²) in [6.45, 7) is 1.74. The Morgan fingerprint density at radius 2 is 1.29 bits per heavy atom. The van der Waals surface area contributed by atoms with Crippen LogP contribution in [0.15, 0.2) is 39.0 Å². The van der Waals surface area contributed by atoms with Crippen molar-refractivity contribution < 1.29 is 43.6 Å². The van der Waals surface area contributed by atoms with Crippen LogP contribution >= 0.6 is 0 Å². The Hall–Kier alpha value is -2.03. The van der Waals surface area contributed by atoms with Gasteiger partial charge in [0, 0.05) is 18.1 Å². The van der Waals surface area contributed by atoms with E-state index in [1.807, 2.05) is 0 Å². The molecule has 0 saturated heterocycles. The molecule has 0 fully saturated rings. The first-order valence-corrected chi connectivity index (χ1v) is 11.9. The first-order chi connectivity index (χ1) is 12.7. The standard InChI is InChI=1S/C15H14O10S3/c1-2-25-14-5-8(26(16,17)18)3-10-11-4-9(27(19,20)21)6-15(28(22,23)24)13(11)7-12(10)14/h3-6H,2,7H2,1H3,(H,16,17,18)(H,19,20,21)(H,22,23,24). The molecule has 2 aromatic carbocycles.